The normalized spacial score (nSPS) is 12.3. The molecule has 8 heteroatoms. The zero-order valence-corrected chi connectivity index (χ0v) is 17.7. The van der Waals surface area contributed by atoms with Gasteiger partial charge in [-0.05, 0) is 37.1 Å². The van der Waals surface area contributed by atoms with Gasteiger partial charge >= 0.3 is 0 Å². The second kappa shape index (κ2) is 7.27. The van der Waals surface area contributed by atoms with Gasteiger partial charge in [0.1, 0.15) is 0 Å². The Kier molecular flexibility index (Phi) is 4.56. The van der Waals surface area contributed by atoms with Gasteiger partial charge in [0.15, 0.2) is 5.13 Å². The van der Waals surface area contributed by atoms with Crippen molar-refractivity contribution in [3.05, 3.63) is 64.8 Å². The molecule has 0 saturated carbocycles. The standard InChI is InChI=1S/C22H18ClN5OS/c1-12(29)25-22-26-17-11-10-15-19(13-6-8-14(24)9-7-13)27-28(20(15)21(17)30-22)18-5-3-2-4-16(18)23/h2-9H,10-11,24H2,1H3,(H,25,26,29). The molecular weight excluding hydrogens is 418 g/mol. The Morgan fingerprint density at radius 3 is 2.67 bits per heavy atom. The molecule has 2 aromatic carbocycles. The molecule has 6 nitrogen and oxygen atoms in total. The number of amides is 1. The van der Waals surface area contributed by atoms with Gasteiger partial charge in [0.2, 0.25) is 5.91 Å². The number of carbonyl (C=O) groups is 1. The number of nitrogen functional groups attached to an aromatic ring is 1. The maximum atomic E-state index is 11.5. The molecule has 2 aromatic heterocycles. The first-order valence-corrected chi connectivity index (χ1v) is 10.7. The smallest absolute Gasteiger partial charge is 0.223 e. The van der Waals surface area contributed by atoms with E-state index in [1.807, 2.05) is 53.2 Å². The summed E-state index contributed by atoms with van der Waals surface area (Å²) in [6.07, 6.45) is 1.59. The molecule has 150 valence electrons. The molecule has 4 aromatic rings. The van der Waals surface area contributed by atoms with E-state index >= 15 is 0 Å². The molecule has 0 fully saturated rings. The molecule has 30 heavy (non-hydrogen) atoms. The summed E-state index contributed by atoms with van der Waals surface area (Å²) < 4.78 is 1.90. The fraction of sp³-hybridized carbons (Fsp3) is 0.136. The lowest BCUT2D eigenvalue weighted by molar-refractivity contribution is -0.114. The zero-order chi connectivity index (χ0) is 20.8. The van der Waals surface area contributed by atoms with Gasteiger partial charge in [0, 0.05) is 23.7 Å². The molecule has 1 aliphatic carbocycles. The number of anilines is 2. The van der Waals surface area contributed by atoms with Crippen molar-refractivity contribution < 1.29 is 4.79 Å². The number of carbonyl (C=O) groups excluding carboxylic acids is 1. The van der Waals surface area contributed by atoms with Crippen molar-refractivity contribution in [1.82, 2.24) is 14.8 Å². The predicted molar refractivity (Wildman–Crippen MR) is 121 cm³/mol. The molecule has 0 radical (unpaired) electrons. The number of aromatic nitrogens is 3. The second-order valence-electron chi connectivity index (χ2n) is 7.14. The van der Waals surface area contributed by atoms with Crippen LogP contribution < -0.4 is 11.1 Å². The van der Waals surface area contributed by atoms with Crippen LogP contribution in [0, 0.1) is 0 Å². The lowest BCUT2D eigenvalue weighted by Gasteiger charge is -2.14. The number of nitrogens with one attached hydrogen (secondary N) is 1. The Morgan fingerprint density at radius 2 is 1.93 bits per heavy atom. The van der Waals surface area contributed by atoms with Crippen molar-refractivity contribution in [2.75, 3.05) is 11.1 Å². The third-order valence-electron chi connectivity index (χ3n) is 5.06. The fourth-order valence-corrected chi connectivity index (χ4v) is 5.08. The van der Waals surface area contributed by atoms with Crippen molar-refractivity contribution in [2.45, 2.75) is 19.8 Å². The van der Waals surface area contributed by atoms with Gasteiger partial charge in [-0.3, -0.25) is 4.79 Å². The maximum Gasteiger partial charge on any atom is 0.223 e. The number of benzene rings is 2. The summed E-state index contributed by atoms with van der Waals surface area (Å²) in [7, 11) is 0. The molecule has 1 aliphatic rings. The van der Waals surface area contributed by atoms with Crippen LogP contribution in [-0.2, 0) is 17.6 Å². The van der Waals surface area contributed by atoms with Crippen LogP contribution >= 0.6 is 22.9 Å². The second-order valence-corrected chi connectivity index (χ2v) is 8.54. The van der Waals surface area contributed by atoms with Gasteiger partial charge in [-0.15, -0.1) is 0 Å². The van der Waals surface area contributed by atoms with E-state index in [1.54, 1.807) is 0 Å². The van der Waals surface area contributed by atoms with Crippen LogP contribution in [0.5, 0.6) is 0 Å². The van der Waals surface area contributed by atoms with Crippen LogP contribution in [0.1, 0.15) is 18.2 Å². The van der Waals surface area contributed by atoms with Crippen LogP contribution in [0.2, 0.25) is 5.02 Å². The summed E-state index contributed by atoms with van der Waals surface area (Å²) >= 11 is 8.00. The van der Waals surface area contributed by atoms with Crippen molar-refractivity contribution in [1.29, 1.82) is 0 Å². The van der Waals surface area contributed by atoms with Crippen molar-refractivity contribution in [3.8, 4) is 27.5 Å². The number of nitrogens with two attached hydrogens (primary N) is 1. The van der Waals surface area contributed by atoms with E-state index in [4.69, 9.17) is 22.4 Å². The Bertz CT molecular complexity index is 1280. The van der Waals surface area contributed by atoms with E-state index in [-0.39, 0.29) is 5.91 Å². The first kappa shape index (κ1) is 18.8. The summed E-state index contributed by atoms with van der Waals surface area (Å²) in [6, 6.07) is 15.4. The lowest BCUT2D eigenvalue weighted by atomic mass is 9.95. The minimum atomic E-state index is -0.136. The molecule has 0 atom stereocenters. The number of para-hydroxylation sites is 1. The number of thiazole rings is 1. The van der Waals surface area contributed by atoms with Crippen molar-refractivity contribution >= 4 is 39.7 Å². The summed E-state index contributed by atoms with van der Waals surface area (Å²) in [4.78, 5) is 17.2. The average Bonchev–Trinajstić information content (AvgIpc) is 3.29. The number of fused-ring (bicyclic) bond motifs is 3. The lowest BCUT2D eigenvalue weighted by Crippen LogP contribution is -2.07. The highest BCUT2D eigenvalue weighted by atomic mass is 35.5. The topological polar surface area (TPSA) is 85.8 Å². The molecule has 3 N–H and O–H groups in total. The molecule has 0 bridgehead atoms. The van der Waals surface area contributed by atoms with Gasteiger partial charge in [0.25, 0.3) is 0 Å². The summed E-state index contributed by atoms with van der Waals surface area (Å²) in [5.74, 6) is -0.136. The number of hydrogen-bond donors (Lipinski definition) is 2. The van der Waals surface area contributed by atoms with Gasteiger partial charge in [-0.1, -0.05) is 47.2 Å². The number of hydrogen-bond acceptors (Lipinski definition) is 5. The zero-order valence-electron chi connectivity index (χ0n) is 16.1. The Labute approximate surface area is 182 Å². The number of halogens is 1. The minimum absolute atomic E-state index is 0.136. The first-order valence-electron chi connectivity index (χ1n) is 9.51. The van der Waals surface area contributed by atoms with Gasteiger partial charge in [0.05, 0.1) is 32.7 Å². The Balaban J connectivity index is 1.76. The molecular formula is C22H18ClN5OS. The number of nitrogens with zero attached hydrogens (tertiary/aromatic N) is 3. The summed E-state index contributed by atoms with van der Waals surface area (Å²) in [5.41, 5.74) is 12.4. The summed E-state index contributed by atoms with van der Waals surface area (Å²) in [5, 5.41) is 9.00. The van der Waals surface area contributed by atoms with E-state index in [0.717, 1.165) is 51.6 Å². The van der Waals surface area contributed by atoms with Gasteiger partial charge in [-0.2, -0.15) is 5.10 Å². The molecule has 0 aliphatic heterocycles. The van der Waals surface area contributed by atoms with Gasteiger partial charge < -0.3 is 11.1 Å². The predicted octanol–water partition coefficient (Wildman–Crippen LogP) is 4.96. The van der Waals surface area contributed by atoms with Crippen LogP contribution in [0.15, 0.2) is 48.5 Å². The van der Waals surface area contributed by atoms with Crippen LogP contribution in [0.3, 0.4) is 0 Å². The van der Waals surface area contributed by atoms with Crippen LogP contribution in [-0.4, -0.2) is 20.7 Å². The van der Waals surface area contributed by atoms with E-state index < -0.39 is 0 Å². The summed E-state index contributed by atoms with van der Waals surface area (Å²) in [6.45, 7) is 1.49. The Hall–Kier alpha value is -3.16. The Morgan fingerprint density at radius 1 is 1.17 bits per heavy atom. The molecule has 2 heterocycles. The van der Waals surface area contributed by atoms with Crippen LogP contribution in [0.4, 0.5) is 10.8 Å². The largest absolute Gasteiger partial charge is 0.399 e. The molecule has 0 unspecified atom stereocenters. The number of aryl methyl sites for hydroxylation is 1. The molecule has 0 spiro atoms. The average molecular weight is 436 g/mol. The third kappa shape index (κ3) is 3.16. The maximum absolute atomic E-state index is 11.5. The third-order valence-corrected chi connectivity index (χ3v) is 6.39. The fourth-order valence-electron chi connectivity index (χ4n) is 3.74. The highest BCUT2D eigenvalue weighted by Gasteiger charge is 2.30. The number of rotatable bonds is 3. The van der Waals surface area contributed by atoms with Crippen molar-refractivity contribution in [2.24, 2.45) is 0 Å². The van der Waals surface area contributed by atoms with E-state index in [2.05, 4.69) is 10.3 Å². The van der Waals surface area contributed by atoms with E-state index in [0.29, 0.717) is 15.8 Å². The highest BCUT2D eigenvalue weighted by molar-refractivity contribution is 7.19. The molecule has 1 amide bonds. The van der Waals surface area contributed by atoms with E-state index in [9.17, 15) is 4.79 Å². The highest BCUT2D eigenvalue weighted by Crippen LogP contribution is 2.44. The van der Waals surface area contributed by atoms with Gasteiger partial charge in [-0.25, -0.2) is 9.67 Å². The quantitative estimate of drug-likeness (QED) is 0.445. The molecule has 5 rings (SSSR count). The van der Waals surface area contributed by atoms with E-state index in [1.165, 1.54) is 18.3 Å². The van der Waals surface area contributed by atoms with Crippen molar-refractivity contribution in [3.63, 3.8) is 0 Å². The van der Waals surface area contributed by atoms with Crippen LogP contribution in [0.25, 0.3) is 27.5 Å². The molecule has 0 saturated heterocycles. The first-order chi connectivity index (χ1) is 14.5. The monoisotopic (exact) mass is 435 g/mol. The SMILES string of the molecule is CC(=O)Nc1nc2c(s1)-c1c(c(-c3ccc(N)cc3)nn1-c1ccccc1Cl)CC2. The minimum Gasteiger partial charge on any atom is -0.399 e.